The second-order valence-corrected chi connectivity index (χ2v) is 9.95. The van der Waals surface area contributed by atoms with Crippen LogP contribution in [0.15, 0.2) is 47.4 Å². The summed E-state index contributed by atoms with van der Waals surface area (Å²) in [6.07, 6.45) is -4.59. The van der Waals surface area contributed by atoms with E-state index in [9.17, 15) is 31.2 Å². The number of benzene rings is 2. The van der Waals surface area contributed by atoms with Crippen LogP contribution >= 0.6 is 0 Å². The van der Waals surface area contributed by atoms with E-state index in [0.717, 1.165) is 12.1 Å². The van der Waals surface area contributed by atoms with Crippen molar-refractivity contribution in [2.45, 2.75) is 18.0 Å². The van der Waals surface area contributed by atoms with Crippen molar-refractivity contribution < 1.29 is 31.2 Å². The molecule has 0 spiro atoms. The Morgan fingerprint density at radius 1 is 1.00 bits per heavy atom. The molecule has 1 fully saturated rings. The molecule has 1 N–H and O–H groups in total. The van der Waals surface area contributed by atoms with Gasteiger partial charge in [-0.2, -0.15) is 17.5 Å². The van der Waals surface area contributed by atoms with Crippen LogP contribution in [0.3, 0.4) is 0 Å². The number of alkyl halides is 3. The van der Waals surface area contributed by atoms with Crippen molar-refractivity contribution >= 4 is 33.2 Å². The third-order valence-electron chi connectivity index (χ3n) is 5.47. The number of carbonyl (C=O) groups excluding carboxylic acids is 2. The van der Waals surface area contributed by atoms with E-state index in [4.69, 9.17) is 0 Å². The highest BCUT2D eigenvalue weighted by molar-refractivity contribution is 7.89. The third-order valence-corrected chi connectivity index (χ3v) is 7.37. The summed E-state index contributed by atoms with van der Waals surface area (Å²) < 4.78 is 66.9. The van der Waals surface area contributed by atoms with Gasteiger partial charge in [-0.15, -0.1) is 0 Å². The summed E-state index contributed by atoms with van der Waals surface area (Å²) in [5, 5.41) is 2.46. The molecule has 0 aliphatic carbocycles. The lowest BCUT2D eigenvalue weighted by Crippen LogP contribution is -2.49. The van der Waals surface area contributed by atoms with E-state index in [2.05, 4.69) is 5.32 Å². The molecule has 2 aromatic carbocycles. The van der Waals surface area contributed by atoms with Gasteiger partial charge in [-0.3, -0.25) is 9.59 Å². The first-order valence-electron chi connectivity index (χ1n) is 10.4. The average molecular weight is 499 g/mol. The molecule has 2 amide bonds. The van der Waals surface area contributed by atoms with Gasteiger partial charge >= 0.3 is 6.18 Å². The highest BCUT2D eigenvalue weighted by Crippen LogP contribution is 2.35. The molecule has 0 aromatic heterocycles. The molecule has 1 aliphatic heterocycles. The normalized spacial score (nSPS) is 15.2. The quantitative estimate of drug-likeness (QED) is 0.685. The number of halogens is 3. The van der Waals surface area contributed by atoms with Crippen molar-refractivity contribution in [1.82, 2.24) is 9.21 Å². The van der Waals surface area contributed by atoms with Crippen LogP contribution in [0, 0.1) is 0 Å². The Morgan fingerprint density at radius 2 is 1.65 bits per heavy atom. The number of nitrogens with one attached hydrogen (secondary N) is 1. The van der Waals surface area contributed by atoms with Gasteiger partial charge in [0.15, 0.2) is 0 Å². The van der Waals surface area contributed by atoms with Crippen molar-refractivity contribution in [3.63, 3.8) is 0 Å². The second kappa shape index (κ2) is 9.63. The van der Waals surface area contributed by atoms with Crippen LogP contribution < -0.4 is 10.2 Å². The summed E-state index contributed by atoms with van der Waals surface area (Å²) in [5.74, 6) is -0.886. The number of carbonyl (C=O) groups is 2. The Kier molecular flexibility index (Phi) is 7.22. The molecule has 1 aliphatic rings. The number of hydrogen-bond donors (Lipinski definition) is 1. The smallest absolute Gasteiger partial charge is 0.376 e. The molecule has 184 valence electrons. The molecule has 12 heteroatoms. The maximum absolute atomic E-state index is 13.2. The number of nitrogens with zero attached hydrogens (tertiary/aromatic N) is 3. The predicted molar refractivity (Wildman–Crippen MR) is 121 cm³/mol. The monoisotopic (exact) mass is 498 g/mol. The number of rotatable bonds is 5. The SMILES string of the molecule is CC(=O)N1CCN(S(=O)(=O)c2cccc(C(=O)Nc3cc(C(F)(F)F)ccc3N(C)C)c2)CC1. The van der Waals surface area contributed by atoms with E-state index in [-0.39, 0.29) is 48.2 Å². The van der Waals surface area contributed by atoms with Gasteiger partial charge in [0.25, 0.3) is 5.91 Å². The molecule has 0 saturated carbocycles. The fourth-order valence-corrected chi connectivity index (χ4v) is 5.06. The van der Waals surface area contributed by atoms with Crippen molar-refractivity contribution in [1.29, 1.82) is 0 Å². The van der Waals surface area contributed by atoms with Crippen molar-refractivity contribution in [3.8, 4) is 0 Å². The third kappa shape index (κ3) is 5.50. The van der Waals surface area contributed by atoms with Crippen molar-refractivity contribution in [2.24, 2.45) is 0 Å². The summed E-state index contributed by atoms with van der Waals surface area (Å²) in [7, 11) is -0.685. The molecule has 34 heavy (non-hydrogen) atoms. The minimum Gasteiger partial charge on any atom is -0.376 e. The van der Waals surface area contributed by atoms with Crippen molar-refractivity contribution in [2.75, 3.05) is 50.5 Å². The maximum atomic E-state index is 13.2. The zero-order valence-corrected chi connectivity index (χ0v) is 19.7. The minimum absolute atomic E-state index is 0.0226. The highest BCUT2D eigenvalue weighted by atomic mass is 32.2. The van der Waals surface area contributed by atoms with E-state index < -0.39 is 27.7 Å². The van der Waals surface area contributed by atoms with Crippen molar-refractivity contribution in [3.05, 3.63) is 53.6 Å². The summed E-state index contributed by atoms with van der Waals surface area (Å²) in [5.41, 5.74) is -0.646. The lowest BCUT2D eigenvalue weighted by atomic mass is 10.1. The van der Waals surface area contributed by atoms with Gasteiger partial charge in [-0.25, -0.2) is 8.42 Å². The molecule has 8 nitrogen and oxygen atoms in total. The summed E-state index contributed by atoms with van der Waals surface area (Å²) in [6.45, 7) is 2.18. The molecule has 2 aromatic rings. The first-order valence-corrected chi connectivity index (χ1v) is 11.8. The van der Waals surface area contributed by atoms with E-state index in [0.29, 0.717) is 5.69 Å². The van der Waals surface area contributed by atoms with Crippen LogP contribution in [0.1, 0.15) is 22.8 Å². The van der Waals surface area contributed by atoms with Crippen LogP contribution in [0.5, 0.6) is 0 Å². The first-order chi connectivity index (χ1) is 15.8. The summed E-state index contributed by atoms with van der Waals surface area (Å²) in [6, 6.07) is 8.31. The first kappa shape index (κ1) is 25.5. The molecule has 0 radical (unpaired) electrons. The van der Waals surface area contributed by atoms with E-state index in [1.807, 2.05) is 0 Å². The van der Waals surface area contributed by atoms with Crippen LogP contribution in [0.4, 0.5) is 24.5 Å². The van der Waals surface area contributed by atoms with Gasteiger partial charge in [0.2, 0.25) is 15.9 Å². The molecular formula is C22H25F3N4O4S. The Morgan fingerprint density at radius 3 is 2.21 bits per heavy atom. The van der Waals surface area contributed by atoms with E-state index >= 15 is 0 Å². The number of anilines is 2. The van der Waals surface area contributed by atoms with Crippen LogP contribution in [0.25, 0.3) is 0 Å². The Labute approximate surface area is 196 Å². The fourth-order valence-electron chi connectivity index (χ4n) is 3.59. The van der Waals surface area contributed by atoms with Crippen LogP contribution in [0.2, 0.25) is 0 Å². The number of piperazine rings is 1. The molecule has 0 atom stereocenters. The zero-order valence-electron chi connectivity index (χ0n) is 18.9. The number of hydrogen-bond acceptors (Lipinski definition) is 5. The van der Waals surface area contributed by atoms with Crippen LogP contribution in [-0.4, -0.2) is 69.7 Å². The van der Waals surface area contributed by atoms with Crippen LogP contribution in [-0.2, 0) is 21.0 Å². The zero-order chi connectivity index (χ0) is 25.3. The molecule has 1 saturated heterocycles. The Balaban J connectivity index is 1.85. The lowest BCUT2D eigenvalue weighted by molar-refractivity contribution is -0.137. The minimum atomic E-state index is -4.59. The Bertz CT molecular complexity index is 1190. The molecule has 3 rings (SSSR count). The summed E-state index contributed by atoms with van der Waals surface area (Å²) in [4.78, 5) is 27.3. The number of amides is 2. The molecule has 0 unspecified atom stereocenters. The largest absolute Gasteiger partial charge is 0.416 e. The topological polar surface area (TPSA) is 90.0 Å². The van der Waals surface area contributed by atoms with Gasteiger partial charge in [-0.05, 0) is 36.4 Å². The molecule has 0 bridgehead atoms. The van der Waals surface area contributed by atoms with Gasteiger partial charge in [-0.1, -0.05) is 6.07 Å². The molecule has 1 heterocycles. The van der Waals surface area contributed by atoms with Gasteiger partial charge in [0.1, 0.15) is 0 Å². The lowest BCUT2D eigenvalue weighted by Gasteiger charge is -2.33. The highest BCUT2D eigenvalue weighted by Gasteiger charge is 2.32. The average Bonchev–Trinajstić information content (AvgIpc) is 2.78. The maximum Gasteiger partial charge on any atom is 0.416 e. The van der Waals surface area contributed by atoms with E-state index in [1.165, 1.54) is 41.6 Å². The van der Waals surface area contributed by atoms with Gasteiger partial charge in [0.05, 0.1) is 21.8 Å². The molecular weight excluding hydrogens is 473 g/mol. The second-order valence-electron chi connectivity index (χ2n) is 8.02. The van der Waals surface area contributed by atoms with Gasteiger partial charge in [0, 0.05) is 52.8 Å². The standard InChI is InChI=1S/C22H25F3N4O4S/c1-15(30)28-9-11-29(12-10-28)34(32,33)18-6-4-5-16(13-18)21(31)26-19-14-17(22(23,24)25)7-8-20(19)27(2)3/h4-8,13-14H,9-12H2,1-3H3,(H,26,31). The number of sulfonamides is 1. The summed E-state index contributed by atoms with van der Waals surface area (Å²) >= 11 is 0. The Hall–Kier alpha value is -3.12. The predicted octanol–water partition coefficient (Wildman–Crippen LogP) is 2.88. The fraction of sp³-hybridized carbons (Fsp3) is 0.364. The van der Waals surface area contributed by atoms with E-state index in [1.54, 1.807) is 23.9 Å². The van der Waals surface area contributed by atoms with Gasteiger partial charge < -0.3 is 15.1 Å².